The number of anilines is 2. The molecule has 50 heavy (non-hydrogen) atoms. The summed E-state index contributed by atoms with van der Waals surface area (Å²) in [4.78, 5) is 31.5. The molecule has 2 aromatic carbocycles. The van der Waals surface area contributed by atoms with E-state index in [-0.39, 0.29) is 58.6 Å². The summed E-state index contributed by atoms with van der Waals surface area (Å²) in [6.07, 6.45) is 5.41. The van der Waals surface area contributed by atoms with E-state index >= 15 is 4.39 Å². The molecule has 2 amide bonds. The molecule has 2 saturated heterocycles. The van der Waals surface area contributed by atoms with Gasteiger partial charge in [0.15, 0.2) is 11.6 Å². The van der Waals surface area contributed by atoms with E-state index in [4.69, 9.17) is 27.9 Å². The number of alkyl halides is 2. The van der Waals surface area contributed by atoms with E-state index in [0.29, 0.717) is 71.6 Å². The summed E-state index contributed by atoms with van der Waals surface area (Å²) < 4.78 is 47.2. The molecule has 2 fully saturated rings. The molecule has 0 bridgehead atoms. The highest BCUT2D eigenvalue weighted by Crippen LogP contribution is 2.42. The van der Waals surface area contributed by atoms with Crippen LogP contribution in [-0.2, 0) is 22.7 Å². The van der Waals surface area contributed by atoms with Crippen molar-refractivity contribution >= 4 is 46.5 Å². The van der Waals surface area contributed by atoms with Crippen LogP contribution in [0.25, 0.3) is 22.4 Å². The van der Waals surface area contributed by atoms with Gasteiger partial charge in [0.1, 0.15) is 5.75 Å². The Bertz CT molecular complexity index is 1880. The van der Waals surface area contributed by atoms with Crippen molar-refractivity contribution in [2.45, 2.75) is 57.5 Å². The van der Waals surface area contributed by atoms with Gasteiger partial charge in [-0.2, -0.15) is 8.78 Å². The molecule has 4 aromatic rings. The normalized spacial score (nSPS) is 17.2. The van der Waals surface area contributed by atoms with E-state index in [1.165, 1.54) is 18.5 Å². The molecule has 2 aliphatic rings. The van der Waals surface area contributed by atoms with E-state index in [1.54, 1.807) is 42.5 Å². The predicted octanol–water partition coefficient (Wildman–Crippen LogP) is 6.34. The second kappa shape index (κ2) is 16.1. The first-order chi connectivity index (χ1) is 24.2. The number of carbonyl (C=O) groups excluding carboxylic acids is 2. The summed E-state index contributed by atoms with van der Waals surface area (Å²) >= 11 is 13.8. The Morgan fingerprint density at radius 3 is 2.16 bits per heavy atom. The lowest BCUT2D eigenvalue weighted by Gasteiger charge is -2.17. The van der Waals surface area contributed by atoms with Gasteiger partial charge in [-0.15, -0.1) is 0 Å². The van der Waals surface area contributed by atoms with Crippen molar-refractivity contribution in [3.63, 3.8) is 0 Å². The first kappa shape index (κ1) is 35.4. The first-order valence-electron chi connectivity index (χ1n) is 16.1. The maximum Gasteiger partial charge on any atom is 0.387 e. The number of halogens is 5. The molecule has 10 nitrogen and oxygen atoms in total. The largest absolute Gasteiger partial charge is 0.434 e. The average molecular weight is 729 g/mol. The number of rotatable bonds is 14. The summed E-state index contributed by atoms with van der Waals surface area (Å²) in [5.74, 6) is -0.597. The molecule has 0 unspecified atom stereocenters. The molecule has 4 heterocycles. The molecular formula is C35H34Cl2F3N7O3. The third-order valence-corrected chi connectivity index (χ3v) is 9.33. The number of hydrogen-bond donors (Lipinski definition) is 5. The van der Waals surface area contributed by atoms with E-state index in [2.05, 4.69) is 36.6 Å². The number of nitrogens with zero attached hydrogens (tertiary/aromatic N) is 2. The number of nitrogens with one attached hydrogen (secondary N) is 5. The van der Waals surface area contributed by atoms with Gasteiger partial charge in [0.05, 0.1) is 21.4 Å². The summed E-state index contributed by atoms with van der Waals surface area (Å²) in [5, 5.41) is 15.6. The molecule has 0 radical (unpaired) electrons. The smallest absolute Gasteiger partial charge is 0.387 e. The number of hydrogen-bond acceptors (Lipinski definition) is 8. The van der Waals surface area contributed by atoms with Crippen molar-refractivity contribution in [1.82, 2.24) is 31.2 Å². The van der Waals surface area contributed by atoms with Gasteiger partial charge in [-0.05, 0) is 37.1 Å². The molecule has 6 rings (SSSR count). The SMILES string of the molecule is O=C1CC[C@H](CNCc2ccnc(Nc3cccc(-c4ccnc(-c5ccc(CNC[C@@H]6CCC(=O)N6)c(OC(F)F)c5)c4Cl)c3Cl)c2F)N1. The van der Waals surface area contributed by atoms with Crippen molar-refractivity contribution in [2.75, 3.05) is 18.4 Å². The maximum atomic E-state index is 15.5. The van der Waals surface area contributed by atoms with E-state index < -0.39 is 12.4 Å². The number of carbonyl (C=O) groups is 2. The Morgan fingerprint density at radius 2 is 1.50 bits per heavy atom. The molecule has 0 saturated carbocycles. The lowest BCUT2D eigenvalue weighted by Crippen LogP contribution is -2.35. The first-order valence-corrected chi connectivity index (χ1v) is 16.8. The summed E-state index contributed by atoms with van der Waals surface area (Å²) in [7, 11) is 0. The molecular weight excluding hydrogens is 694 g/mol. The van der Waals surface area contributed by atoms with E-state index in [0.717, 1.165) is 6.42 Å². The van der Waals surface area contributed by atoms with Crippen molar-refractivity contribution in [3.05, 3.63) is 87.9 Å². The Balaban J connectivity index is 1.19. The Labute approximate surface area is 296 Å². The number of amides is 2. The second-order valence-corrected chi connectivity index (χ2v) is 12.8. The highest BCUT2D eigenvalue weighted by Gasteiger charge is 2.23. The van der Waals surface area contributed by atoms with Gasteiger partial charge in [-0.25, -0.2) is 9.37 Å². The predicted molar refractivity (Wildman–Crippen MR) is 185 cm³/mol. The Kier molecular flexibility index (Phi) is 11.4. The molecule has 5 N–H and O–H groups in total. The van der Waals surface area contributed by atoms with Gasteiger partial charge in [0, 0.05) is 91.3 Å². The van der Waals surface area contributed by atoms with Crippen molar-refractivity contribution < 1.29 is 27.5 Å². The van der Waals surface area contributed by atoms with Gasteiger partial charge in [0.25, 0.3) is 0 Å². The van der Waals surface area contributed by atoms with Crippen LogP contribution in [0.1, 0.15) is 36.8 Å². The van der Waals surface area contributed by atoms with Gasteiger partial charge < -0.3 is 31.3 Å². The zero-order valence-electron chi connectivity index (χ0n) is 26.7. The summed E-state index contributed by atoms with van der Waals surface area (Å²) in [6, 6.07) is 13.2. The topological polar surface area (TPSA) is 129 Å². The molecule has 15 heteroatoms. The lowest BCUT2D eigenvalue weighted by atomic mass is 10.0. The number of benzene rings is 2. The molecule has 0 spiro atoms. The van der Waals surface area contributed by atoms with Crippen molar-refractivity contribution in [1.29, 1.82) is 0 Å². The Morgan fingerprint density at radius 1 is 0.840 bits per heavy atom. The van der Waals surface area contributed by atoms with Gasteiger partial charge in [-0.1, -0.05) is 47.5 Å². The van der Waals surface area contributed by atoms with Gasteiger partial charge in [0.2, 0.25) is 11.8 Å². The molecule has 2 aliphatic heterocycles. The lowest BCUT2D eigenvalue weighted by molar-refractivity contribution is -0.120. The average Bonchev–Trinajstić information content (AvgIpc) is 3.71. The van der Waals surface area contributed by atoms with Crippen molar-refractivity contribution in [3.8, 4) is 28.1 Å². The van der Waals surface area contributed by atoms with Crippen LogP contribution in [-0.4, -0.2) is 53.6 Å². The summed E-state index contributed by atoms with van der Waals surface area (Å²) in [6.45, 7) is -1.58. The van der Waals surface area contributed by atoms with E-state index in [9.17, 15) is 18.4 Å². The number of ether oxygens (including phenoxy) is 1. The minimum atomic E-state index is -3.06. The monoisotopic (exact) mass is 727 g/mol. The second-order valence-electron chi connectivity index (χ2n) is 12.0. The van der Waals surface area contributed by atoms with Crippen LogP contribution in [0.3, 0.4) is 0 Å². The quantitative estimate of drug-likeness (QED) is 0.102. The third-order valence-electron chi connectivity index (χ3n) is 8.54. The molecule has 2 atom stereocenters. The highest BCUT2D eigenvalue weighted by molar-refractivity contribution is 6.39. The van der Waals surface area contributed by atoms with Crippen LogP contribution >= 0.6 is 23.2 Å². The maximum absolute atomic E-state index is 15.5. The third kappa shape index (κ3) is 8.47. The van der Waals surface area contributed by atoms with Crippen LogP contribution in [0, 0.1) is 5.82 Å². The van der Waals surface area contributed by atoms with Gasteiger partial charge >= 0.3 is 6.61 Å². The van der Waals surface area contributed by atoms with Crippen LogP contribution in [0.5, 0.6) is 5.75 Å². The zero-order valence-corrected chi connectivity index (χ0v) is 28.2. The minimum absolute atomic E-state index is 0.00695. The van der Waals surface area contributed by atoms with Gasteiger partial charge in [-0.3, -0.25) is 14.6 Å². The summed E-state index contributed by atoms with van der Waals surface area (Å²) in [5.41, 5.74) is 3.05. The van der Waals surface area contributed by atoms with Crippen molar-refractivity contribution in [2.24, 2.45) is 0 Å². The fourth-order valence-electron chi connectivity index (χ4n) is 6.00. The number of aromatic nitrogens is 2. The zero-order chi connectivity index (χ0) is 35.2. The van der Waals surface area contributed by atoms with Crippen LogP contribution in [0.15, 0.2) is 60.9 Å². The van der Waals surface area contributed by atoms with Crippen LogP contribution < -0.4 is 31.3 Å². The molecule has 262 valence electrons. The standard InChI is InChI=1S/C35H34Cl2F3N7O3/c36-30-24(2-1-3-26(30)47-34-32(38)21(10-12-44-34)16-42-18-23-7-9-29(49)46-23)25-11-13-43-33(31(25)37)19-4-5-20(27(14-19)50-35(39)40)15-41-17-22-6-8-28(48)45-22/h1-5,10-14,22-23,35,41-42H,6-9,15-18H2,(H,44,47)(H,45,48)(H,46,49)/t22-,23+/m0/s1. The molecule has 2 aromatic heterocycles. The highest BCUT2D eigenvalue weighted by atomic mass is 35.5. The van der Waals surface area contributed by atoms with Crippen LogP contribution in [0.2, 0.25) is 10.0 Å². The Hall–Kier alpha value is -4.43. The fourth-order valence-corrected chi connectivity index (χ4v) is 6.60. The fraction of sp³-hybridized carbons (Fsp3) is 0.314. The van der Waals surface area contributed by atoms with E-state index in [1.807, 2.05) is 0 Å². The van der Waals surface area contributed by atoms with Crippen LogP contribution in [0.4, 0.5) is 24.7 Å². The molecule has 0 aliphatic carbocycles. The minimum Gasteiger partial charge on any atom is -0.434 e. The number of pyridine rings is 2.